The highest BCUT2D eigenvalue weighted by atomic mass is 35.5. The van der Waals surface area contributed by atoms with Crippen LogP contribution >= 0.6 is 22.9 Å². The molecule has 0 aliphatic heterocycles. The Morgan fingerprint density at radius 2 is 1.96 bits per heavy atom. The van der Waals surface area contributed by atoms with Crippen LogP contribution in [-0.4, -0.2) is 24.7 Å². The van der Waals surface area contributed by atoms with E-state index in [-0.39, 0.29) is 5.88 Å². The zero-order valence-electron chi connectivity index (χ0n) is 11.4. The first-order chi connectivity index (χ1) is 11.1. The summed E-state index contributed by atoms with van der Waals surface area (Å²) in [6.07, 6.45) is 1.33. The third-order valence-electron chi connectivity index (χ3n) is 3.13. The summed E-state index contributed by atoms with van der Waals surface area (Å²) in [5.41, 5.74) is 6.89. The molecule has 0 fully saturated rings. The summed E-state index contributed by atoms with van der Waals surface area (Å²) < 4.78 is 1.33. The highest BCUT2D eigenvalue weighted by molar-refractivity contribution is 7.22. The van der Waals surface area contributed by atoms with E-state index in [1.54, 1.807) is 24.3 Å². The van der Waals surface area contributed by atoms with Crippen LogP contribution in [0, 0.1) is 0 Å². The molecule has 4 aromatic rings. The van der Waals surface area contributed by atoms with Crippen LogP contribution in [0.25, 0.3) is 15.9 Å². The first-order valence-corrected chi connectivity index (χ1v) is 7.61. The molecule has 114 valence electrons. The van der Waals surface area contributed by atoms with E-state index in [2.05, 4.69) is 25.3 Å². The van der Waals surface area contributed by atoms with Crippen LogP contribution in [0.2, 0.25) is 5.02 Å². The van der Waals surface area contributed by atoms with Crippen molar-refractivity contribution in [2.75, 3.05) is 5.73 Å². The standard InChI is InChI=1S/C13H8ClN7OS/c14-6-1-3-7(4-2-6)18-19-11-12(22)21-13(23-11)8-9(15)16-5-17-10(8)20-21/h1-5,22H,(H2,15,16,17,20). The molecular formula is C13H8ClN7OS. The van der Waals surface area contributed by atoms with Crippen molar-refractivity contribution in [3.05, 3.63) is 35.6 Å². The summed E-state index contributed by atoms with van der Waals surface area (Å²) >= 11 is 7.02. The Hall–Kier alpha value is -2.78. The zero-order chi connectivity index (χ0) is 16.0. The van der Waals surface area contributed by atoms with Gasteiger partial charge in [0.05, 0.1) is 11.1 Å². The van der Waals surface area contributed by atoms with Crippen LogP contribution in [0.3, 0.4) is 0 Å². The maximum Gasteiger partial charge on any atom is 0.252 e. The van der Waals surface area contributed by atoms with Crippen molar-refractivity contribution < 1.29 is 5.11 Å². The van der Waals surface area contributed by atoms with E-state index < -0.39 is 0 Å². The third kappa shape index (κ3) is 2.26. The highest BCUT2D eigenvalue weighted by Gasteiger charge is 2.18. The Kier molecular flexibility index (Phi) is 3.10. The number of benzene rings is 1. The van der Waals surface area contributed by atoms with E-state index in [1.807, 2.05) is 0 Å². The molecule has 0 bridgehead atoms. The number of hydrogen-bond donors (Lipinski definition) is 2. The van der Waals surface area contributed by atoms with Crippen molar-refractivity contribution in [2.24, 2.45) is 10.2 Å². The number of thiazole rings is 1. The number of nitrogens with zero attached hydrogens (tertiary/aromatic N) is 6. The van der Waals surface area contributed by atoms with Crippen LogP contribution in [0.5, 0.6) is 5.88 Å². The van der Waals surface area contributed by atoms with Gasteiger partial charge in [-0.25, -0.2) is 9.97 Å². The summed E-state index contributed by atoms with van der Waals surface area (Å²) in [7, 11) is 0. The van der Waals surface area contributed by atoms with Crippen molar-refractivity contribution in [2.45, 2.75) is 0 Å². The smallest absolute Gasteiger partial charge is 0.252 e. The average molecular weight is 346 g/mol. The van der Waals surface area contributed by atoms with E-state index >= 15 is 0 Å². The van der Waals surface area contributed by atoms with Gasteiger partial charge in [-0.3, -0.25) is 0 Å². The molecule has 3 aromatic heterocycles. The van der Waals surface area contributed by atoms with Gasteiger partial charge in [0.15, 0.2) is 5.65 Å². The maximum atomic E-state index is 10.3. The van der Waals surface area contributed by atoms with Crippen molar-refractivity contribution in [1.29, 1.82) is 0 Å². The summed E-state index contributed by atoms with van der Waals surface area (Å²) in [6.45, 7) is 0. The Labute approximate surface area is 137 Å². The summed E-state index contributed by atoms with van der Waals surface area (Å²) in [5, 5.41) is 24.1. The quantitative estimate of drug-likeness (QED) is 0.537. The minimum Gasteiger partial charge on any atom is -0.491 e. The molecule has 3 heterocycles. The number of anilines is 1. The molecule has 0 aliphatic carbocycles. The second-order valence-corrected chi connectivity index (χ2v) is 6.00. The number of hydrogen-bond acceptors (Lipinski definition) is 8. The predicted molar refractivity (Wildman–Crippen MR) is 87.9 cm³/mol. The maximum absolute atomic E-state index is 10.3. The van der Waals surface area contributed by atoms with E-state index in [9.17, 15) is 5.11 Å². The van der Waals surface area contributed by atoms with Crippen molar-refractivity contribution in [3.8, 4) is 5.88 Å². The molecule has 0 amide bonds. The Morgan fingerprint density at radius 3 is 2.74 bits per heavy atom. The topological polar surface area (TPSA) is 114 Å². The van der Waals surface area contributed by atoms with Gasteiger partial charge in [0.2, 0.25) is 5.00 Å². The number of nitrogen functional groups attached to an aromatic ring is 1. The highest BCUT2D eigenvalue weighted by Crippen LogP contribution is 2.41. The molecule has 10 heteroatoms. The lowest BCUT2D eigenvalue weighted by molar-refractivity contribution is 0.442. The van der Waals surface area contributed by atoms with E-state index in [0.717, 1.165) is 0 Å². The molecule has 3 N–H and O–H groups in total. The Balaban J connectivity index is 1.82. The lowest BCUT2D eigenvalue weighted by Crippen LogP contribution is -1.90. The second-order valence-electron chi connectivity index (χ2n) is 4.58. The SMILES string of the molecule is Nc1ncnc2nn3c(O)c(N=Nc4ccc(Cl)cc4)sc3c12. The van der Waals surface area contributed by atoms with Gasteiger partial charge >= 0.3 is 0 Å². The fourth-order valence-corrected chi connectivity index (χ4v) is 3.14. The number of aromatic hydroxyl groups is 1. The van der Waals surface area contributed by atoms with Crippen LogP contribution in [0.1, 0.15) is 0 Å². The molecule has 4 rings (SSSR count). The number of nitrogens with two attached hydrogens (primary N) is 1. The lowest BCUT2D eigenvalue weighted by Gasteiger charge is -1.92. The monoisotopic (exact) mass is 345 g/mol. The molecule has 23 heavy (non-hydrogen) atoms. The van der Waals surface area contributed by atoms with Crippen LogP contribution in [0.15, 0.2) is 40.8 Å². The van der Waals surface area contributed by atoms with Crippen molar-refractivity contribution in [1.82, 2.24) is 19.6 Å². The summed E-state index contributed by atoms with van der Waals surface area (Å²) in [6, 6.07) is 6.87. The third-order valence-corrected chi connectivity index (χ3v) is 4.41. The Bertz CT molecular complexity index is 1050. The van der Waals surface area contributed by atoms with E-state index in [1.165, 1.54) is 22.2 Å². The van der Waals surface area contributed by atoms with Gasteiger partial charge in [-0.15, -0.1) is 15.3 Å². The molecular weight excluding hydrogens is 338 g/mol. The minimum atomic E-state index is -0.125. The van der Waals surface area contributed by atoms with Gasteiger partial charge in [-0.1, -0.05) is 22.9 Å². The molecule has 0 aliphatic rings. The van der Waals surface area contributed by atoms with Gasteiger partial charge < -0.3 is 10.8 Å². The number of rotatable bonds is 2. The predicted octanol–water partition coefficient (Wildman–Crippen LogP) is 3.70. The van der Waals surface area contributed by atoms with Crippen LogP contribution in [0.4, 0.5) is 16.5 Å². The van der Waals surface area contributed by atoms with Gasteiger partial charge in [0, 0.05) is 5.02 Å². The fraction of sp³-hybridized carbons (Fsp3) is 0. The molecule has 0 atom stereocenters. The first kappa shape index (κ1) is 13.9. The molecule has 1 aromatic carbocycles. The molecule has 0 radical (unpaired) electrons. The van der Waals surface area contributed by atoms with E-state index in [4.69, 9.17) is 17.3 Å². The van der Waals surface area contributed by atoms with Gasteiger partial charge in [0.1, 0.15) is 17.0 Å². The minimum absolute atomic E-state index is 0.125. The zero-order valence-corrected chi connectivity index (χ0v) is 13.0. The largest absolute Gasteiger partial charge is 0.491 e. The molecule has 8 nitrogen and oxygen atoms in total. The summed E-state index contributed by atoms with van der Waals surface area (Å²) in [4.78, 5) is 8.58. The normalized spacial score (nSPS) is 11.9. The molecule has 0 saturated carbocycles. The number of fused-ring (bicyclic) bond motifs is 3. The van der Waals surface area contributed by atoms with E-state index in [0.29, 0.717) is 37.4 Å². The van der Waals surface area contributed by atoms with Gasteiger partial charge in [-0.2, -0.15) is 4.52 Å². The number of aromatic nitrogens is 4. The van der Waals surface area contributed by atoms with Crippen LogP contribution < -0.4 is 5.73 Å². The van der Waals surface area contributed by atoms with Gasteiger partial charge in [0.25, 0.3) is 5.88 Å². The molecule has 0 saturated heterocycles. The first-order valence-electron chi connectivity index (χ1n) is 6.41. The fourth-order valence-electron chi connectivity index (χ4n) is 2.06. The van der Waals surface area contributed by atoms with Gasteiger partial charge in [-0.05, 0) is 24.3 Å². The van der Waals surface area contributed by atoms with Crippen molar-refractivity contribution >= 4 is 55.3 Å². The molecule has 0 unspecified atom stereocenters. The average Bonchev–Trinajstić information content (AvgIpc) is 3.05. The van der Waals surface area contributed by atoms with Crippen LogP contribution in [-0.2, 0) is 0 Å². The second kappa shape index (κ2) is 5.14. The number of azo groups is 1. The lowest BCUT2D eigenvalue weighted by atomic mass is 10.3. The van der Waals surface area contributed by atoms with Crippen molar-refractivity contribution in [3.63, 3.8) is 0 Å². The summed E-state index contributed by atoms with van der Waals surface area (Å²) in [5.74, 6) is 0.174. The number of halogens is 1. The molecule has 0 spiro atoms. The Morgan fingerprint density at radius 1 is 1.17 bits per heavy atom.